The zero-order valence-corrected chi connectivity index (χ0v) is 13.4. The molecule has 20 heavy (non-hydrogen) atoms. The average molecular weight is 280 g/mol. The lowest BCUT2D eigenvalue weighted by Gasteiger charge is -2.47. The molecule has 0 aromatic carbocycles. The highest BCUT2D eigenvalue weighted by Gasteiger charge is 2.49. The van der Waals surface area contributed by atoms with Gasteiger partial charge in [0.05, 0.1) is 13.3 Å². The first kappa shape index (κ1) is 15.4. The Hall–Kier alpha value is -1.03. The molecule has 0 bridgehead atoms. The summed E-state index contributed by atoms with van der Waals surface area (Å²) in [6.45, 7) is 9.44. The standard InChI is InChI=1S/C16H28N2O2/c1-6-18-14(12(20-5)11-17-18)16(19)10-8-7-9-13(16)15(2,3)4/h11,13,19H,6-10H2,1-5H3. The number of ether oxygens (including phenoxy) is 1. The number of aromatic nitrogens is 2. The van der Waals surface area contributed by atoms with Gasteiger partial charge in [0, 0.05) is 6.54 Å². The van der Waals surface area contributed by atoms with E-state index in [-0.39, 0.29) is 11.3 Å². The number of aliphatic hydroxyl groups is 1. The second kappa shape index (κ2) is 5.40. The summed E-state index contributed by atoms with van der Waals surface area (Å²) in [4.78, 5) is 0. The van der Waals surface area contributed by atoms with Crippen molar-refractivity contribution in [3.63, 3.8) is 0 Å². The summed E-state index contributed by atoms with van der Waals surface area (Å²) >= 11 is 0. The molecular formula is C16H28N2O2. The van der Waals surface area contributed by atoms with Gasteiger partial charge in [-0.15, -0.1) is 0 Å². The maximum Gasteiger partial charge on any atom is 0.162 e. The molecule has 1 saturated carbocycles. The van der Waals surface area contributed by atoms with Crippen LogP contribution < -0.4 is 4.74 Å². The number of hydrogen-bond donors (Lipinski definition) is 1. The van der Waals surface area contributed by atoms with Crippen LogP contribution in [0.1, 0.15) is 59.1 Å². The number of aryl methyl sites for hydroxylation is 1. The fraction of sp³-hybridized carbons (Fsp3) is 0.812. The summed E-state index contributed by atoms with van der Waals surface area (Å²) in [7, 11) is 1.65. The van der Waals surface area contributed by atoms with Crippen molar-refractivity contribution in [2.45, 2.75) is 65.5 Å². The third-order valence-electron chi connectivity index (χ3n) is 4.66. The summed E-state index contributed by atoms with van der Waals surface area (Å²) in [5, 5.41) is 15.9. The monoisotopic (exact) mass is 280 g/mol. The van der Waals surface area contributed by atoms with Crippen LogP contribution >= 0.6 is 0 Å². The number of hydrogen-bond acceptors (Lipinski definition) is 3. The molecule has 1 aromatic rings. The Morgan fingerprint density at radius 3 is 2.70 bits per heavy atom. The van der Waals surface area contributed by atoms with E-state index < -0.39 is 5.60 Å². The summed E-state index contributed by atoms with van der Waals surface area (Å²) < 4.78 is 7.36. The summed E-state index contributed by atoms with van der Waals surface area (Å²) in [6, 6.07) is 0. The van der Waals surface area contributed by atoms with Gasteiger partial charge in [-0.25, -0.2) is 0 Å². The summed E-state index contributed by atoms with van der Waals surface area (Å²) in [5.41, 5.74) is 0.0827. The van der Waals surface area contributed by atoms with E-state index in [9.17, 15) is 5.11 Å². The Morgan fingerprint density at radius 2 is 2.15 bits per heavy atom. The molecule has 114 valence electrons. The van der Waals surface area contributed by atoms with Gasteiger partial charge in [0.2, 0.25) is 0 Å². The van der Waals surface area contributed by atoms with E-state index in [1.165, 1.54) is 6.42 Å². The van der Waals surface area contributed by atoms with E-state index in [4.69, 9.17) is 4.74 Å². The van der Waals surface area contributed by atoms with Crippen molar-refractivity contribution >= 4 is 0 Å². The predicted molar refractivity (Wildman–Crippen MR) is 79.8 cm³/mol. The Balaban J connectivity index is 2.53. The first-order chi connectivity index (χ1) is 9.34. The Labute approximate surface area is 122 Å². The minimum Gasteiger partial charge on any atom is -0.493 e. The van der Waals surface area contributed by atoms with Gasteiger partial charge in [-0.2, -0.15) is 5.10 Å². The van der Waals surface area contributed by atoms with Crippen LogP contribution in [0.15, 0.2) is 6.20 Å². The smallest absolute Gasteiger partial charge is 0.162 e. The van der Waals surface area contributed by atoms with Crippen LogP contribution in [0.4, 0.5) is 0 Å². The highest BCUT2D eigenvalue weighted by atomic mass is 16.5. The van der Waals surface area contributed by atoms with Crippen molar-refractivity contribution in [3.05, 3.63) is 11.9 Å². The van der Waals surface area contributed by atoms with E-state index in [1.54, 1.807) is 13.3 Å². The highest BCUT2D eigenvalue weighted by molar-refractivity contribution is 5.32. The molecule has 0 amide bonds. The zero-order chi connectivity index (χ0) is 15.0. The van der Waals surface area contributed by atoms with E-state index in [1.807, 2.05) is 11.6 Å². The lowest BCUT2D eigenvalue weighted by atomic mass is 9.62. The van der Waals surface area contributed by atoms with Crippen molar-refractivity contribution in [1.82, 2.24) is 9.78 Å². The molecule has 0 saturated heterocycles. The van der Waals surface area contributed by atoms with Crippen LogP contribution in [0.5, 0.6) is 5.75 Å². The van der Waals surface area contributed by atoms with Crippen LogP contribution in [0, 0.1) is 11.3 Å². The lowest BCUT2D eigenvalue weighted by Crippen LogP contribution is -2.46. The molecule has 0 spiro atoms. The van der Waals surface area contributed by atoms with Crippen LogP contribution in [0.2, 0.25) is 0 Å². The lowest BCUT2D eigenvalue weighted by molar-refractivity contribution is -0.103. The molecule has 2 atom stereocenters. The second-order valence-electron chi connectivity index (χ2n) is 6.97. The van der Waals surface area contributed by atoms with Crippen LogP contribution in [0.3, 0.4) is 0 Å². The fourth-order valence-electron chi connectivity index (χ4n) is 3.78. The first-order valence-electron chi connectivity index (χ1n) is 7.67. The molecule has 2 rings (SSSR count). The number of nitrogens with zero attached hydrogens (tertiary/aromatic N) is 2. The second-order valence-corrected chi connectivity index (χ2v) is 6.97. The van der Waals surface area contributed by atoms with E-state index >= 15 is 0 Å². The maximum absolute atomic E-state index is 11.5. The van der Waals surface area contributed by atoms with Gasteiger partial charge in [-0.1, -0.05) is 33.6 Å². The third kappa shape index (κ3) is 2.46. The van der Waals surface area contributed by atoms with E-state index in [2.05, 4.69) is 25.9 Å². The fourth-order valence-corrected chi connectivity index (χ4v) is 3.78. The van der Waals surface area contributed by atoms with E-state index in [0.29, 0.717) is 5.75 Å². The molecule has 1 heterocycles. The summed E-state index contributed by atoms with van der Waals surface area (Å²) in [5.74, 6) is 0.935. The van der Waals surface area contributed by atoms with Crippen molar-refractivity contribution in [2.75, 3.05) is 7.11 Å². The van der Waals surface area contributed by atoms with Crippen molar-refractivity contribution in [2.24, 2.45) is 11.3 Å². The molecule has 1 aliphatic rings. The molecule has 4 heteroatoms. The normalized spacial score (nSPS) is 27.6. The maximum atomic E-state index is 11.5. The third-order valence-corrected chi connectivity index (χ3v) is 4.66. The van der Waals surface area contributed by atoms with Crippen molar-refractivity contribution < 1.29 is 9.84 Å². The van der Waals surface area contributed by atoms with Gasteiger partial charge >= 0.3 is 0 Å². The van der Waals surface area contributed by atoms with Crippen LogP contribution in [-0.2, 0) is 12.1 Å². The largest absolute Gasteiger partial charge is 0.493 e. The van der Waals surface area contributed by atoms with Gasteiger partial charge in [-0.05, 0) is 31.1 Å². The molecule has 1 N–H and O–H groups in total. The molecule has 1 aromatic heterocycles. The van der Waals surface area contributed by atoms with Gasteiger partial charge in [0.25, 0.3) is 0 Å². The SMILES string of the molecule is CCn1ncc(OC)c1C1(O)CCCCC1C(C)(C)C. The average Bonchev–Trinajstić information content (AvgIpc) is 2.81. The Morgan fingerprint density at radius 1 is 1.45 bits per heavy atom. The van der Waals surface area contributed by atoms with Gasteiger partial charge < -0.3 is 9.84 Å². The van der Waals surface area contributed by atoms with Crippen molar-refractivity contribution in [3.8, 4) is 5.75 Å². The molecule has 0 radical (unpaired) electrons. The van der Waals surface area contributed by atoms with E-state index in [0.717, 1.165) is 31.5 Å². The summed E-state index contributed by atoms with van der Waals surface area (Å²) in [6.07, 6.45) is 5.81. The number of rotatable bonds is 3. The minimum absolute atomic E-state index is 0.0586. The van der Waals surface area contributed by atoms with Crippen LogP contribution in [0.25, 0.3) is 0 Å². The minimum atomic E-state index is -0.839. The molecule has 1 aliphatic carbocycles. The zero-order valence-electron chi connectivity index (χ0n) is 13.4. The van der Waals surface area contributed by atoms with Crippen LogP contribution in [-0.4, -0.2) is 22.0 Å². The molecule has 4 nitrogen and oxygen atoms in total. The predicted octanol–water partition coefficient (Wildman–Crippen LogP) is 3.34. The topological polar surface area (TPSA) is 47.3 Å². The quantitative estimate of drug-likeness (QED) is 0.923. The van der Waals surface area contributed by atoms with Gasteiger partial charge in [0.1, 0.15) is 11.3 Å². The highest BCUT2D eigenvalue weighted by Crippen LogP contribution is 2.51. The molecule has 2 unspecified atom stereocenters. The molecule has 0 aliphatic heterocycles. The molecule has 1 fully saturated rings. The van der Waals surface area contributed by atoms with Crippen molar-refractivity contribution in [1.29, 1.82) is 0 Å². The Kier molecular flexibility index (Phi) is 4.14. The Bertz CT molecular complexity index is 440. The number of methoxy groups -OCH3 is 1. The molecular weight excluding hydrogens is 252 g/mol. The van der Waals surface area contributed by atoms with Gasteiger partial charge in [0.15, 0.2) is 5.75 Å². The first-order valence-corrected chi connectivity index (χ1v) is 7.67. The van der Waals surface area contributed by atoms with Gasteiger partial charge in [-0.3, -0.25) is 4.68 Å².